The quantitative estimate of drug-likeness (QED) is 0.539. The zero-order valence-corrected chi connectivity index (χ0v) is 10.4. The van der Waals surface area contributed by atoms with Crippen molar-refractivity contribution in [3.8, 4) is 0 Å². The molecule has 0 heterocycles. The first kappa shape index (κ1) is 14.3. The molecule has 1 rings (SSSR count). The van der Waals surface area contributed by atoms with E-state index in [1.807, 2.05) is 6.07 Å². The predicted octanol–water partition coefficient (Wildman–Crippen LogP) is 0.349. The largest absolute Gasteiger partial charge is 0.465 e. The number of benzene rings is 1. The van der Waals surface area contributed by atoms with Crippen molar-refractivity contribution in [2.45, 2.75) is 13.0 Å². The van der Waals surface area contributed by atoms with E-state index in [1.165, 1.54) is 0 Å². The zero-order chi connectivity index (χ0) is 13.4. The average molecular weight is 250 g/mol. The van der Waals surface area contributed by atoms with Crippen molar-refractivity contribution in [3.63, 3.8) is 0 Å². The van der Waals surface area contributed by atoms with Crippen LogP contribution in [0.15, 0.2) is 30.3 Å². The fourth-order valence-corrected chi connectivity index (χ4v) is 1.45. The highest BCUT2D eigenvalue weighted by atomic mass is 16.5. The van der Waals surface area contributed by atoms with Gasteiger partial charge in [-0.1, -0.05) is 30.3 Å². The fraction of sp³-hybridized carbons (Fsp3) is 0.385. The van der Waals surface area contributed by atoms with Crippen LogP contribution in [0.3, 0.4) is 0 Å². The van der Waals surface area contributed by atoms with Crippen molar-refractivity contribution in [3.05, 3.63) is 35.9 Å². The molecule has 0 unspecified atom stereocenters. The van der Waals surface area contributed by atoms with Crippen molar-refractivity contribution in [1.29, 1.82) is 0 Å². The number of nitrogens with one attached hydrogen (secondary N) is 1. The van der Waals surface area contributed by atoms with Gasteiger partial charge >= 0.3 is 5.97 Å². The molecule has 0 saturated carbocycles. The van der Waals surface area contributed by atoms with Crippen molar-refractivity contribution >= 4 is 11.8 Å². The van der Waals surface area contributed by atoms with Gasteiger partial charge in [-0.25, -0.2) is 0 Å². The summed E-state index contributed by atoms with van der Waals surface area (Å²) in [5.41, 5.74) is 6.06. The third kappa shape index (κ3) is 4.27. The van der Waals surface area contributed by atoms with Crippen LogP contribution in [0.5, 0.6) is 0 Å². The Kier molecular flexibility index (Phi) is 6.04. The maximum absolute atomic E-state index is 11.8. The SMILES string of the molecule is CCOC(=O)[C@H](CN)NCC(=O)c1ccccc1. The molecule has 0 spiro atoms. The van der Waals surface area contributed by atoms with Gasteiger partial charge < -0.3 is 10.5 Å². The summed E-state index contributed by atoms with van der Waals surface area (Å²) in [6, 6.07) is 8.24. The van der Waals surface area contributed by atoms with E-state index < -0.39 is 12.0 Å². The van der Waals surface area contributed by atoms with Crippen molar-refractivity contribution < 1.29 is 14.3 Å². The molecule has 0 saturated heterocycles. The minimum Gasteiger partial charge on any atom is -0.465 e. The van der Waals surface area contributed by atoms with Crippen LogP contribution in [0.4, 0.5) is 0 Å². The number of hydrogen-bond acceptors (Lipinski definition) is 5. The minimum atomic E-state index is -0.641. The van der Waals surface area contributed by atoms with Gasteiger partial charge in [0, 0.05) is 12.1 Å². The minimum absolute atomic E-state index is 0.0602. The number of nitrogens with two attached hydrogens (primary N) is 1. The molecule has 0 aliphatic rings. The molecule has 0 fully saturated rings. The maximum atomic E-state index is 11.8. The molecular formula is C13H18N2O3. The molecule has 1 atom stereocenters. The van der Waals surface area contributed by atoms with Crippen LogP contribution in [0.25, 0.3) is 0 Å². The highest BCUT2D eigenvalue weighted by Crippen LogP contribution is 1.99. The van der Waals surface area contributed by atoms with Gasteiger partial charge in [-0.15, -0.1) is 0 Å². The van der Waals surface area contributed by atoms with E-state index in [0.29, 0.717) is 12.2 Å². The van der Waals surface area contributed by atoms with E-state index in [-0.39, 0.29) is 18.9 Å². The third-order valence-electron chi connectivity index (χ3n) is 2.41. The first-order valence-electron chi connectivity index (χ1n) is 5.87. The highest BCUT2D eigenvalue weighted by molar-refractivity contribution is 5.97. The molecule has 5 nitrogen and oxygen atoms in total. The van der Waals surface area contributed by atoms with Crippen LogP contribution in [0.2, 0.25) is 0 Å². The van der Waals surface area contributed by atoms with Crippen molar-refractivity contribution in [1.82, 2.24) is 5.32 Å². The van der Waals surface area contributed by atoms with Crippen LogP contribution in [-0.2, 0) is 9.53 Å². The van der Waals surface area contributed by atoms with Gasteiger partial charge in [0.25, 0.3) is 0 Å². The molecule has 1 aromatic carbocycles. The summed E-state index contributed by atoms with van der Waals surface area (Å²) in [6.45, 7) is 2.18. The molecule has 0 bridgehead atoms. The smallest absolute Gasteiger partial charge is 0.324 e. The summed E-state index contributed by atoms with van der Waals surface area (Å²) in [7, 11) is 0. The zero-order valence-electron chi connectivity index (χ0n) is 10.4. The van der Waals surface area contributed by atoms with E-state index >= 15 is 0 Å². The number of carbonyl (C=O) groups excluding carboxylic acids is 2. The lowest BCUT2D eigenvalue weighted by Crippen LogP contribution is -2.45. The Morgan fingerprint density at radius 3 is 2.56 bits per heavy atom. The molecule has 98 valence electrons. The van der Waals surface area contributed by atoms with Crippen LogP contribution >= 0.6 is 0 Å². The number of rotatable bonds is 7. The highest BCUT2D eigenvalue weighted by Gasteiger charge is 2.18. The van der Waals surface area contributed by atoms with E-state index in [4.69, 9.17) is 10.5 Å². The summed E-state index contributed by atoms with van der Waals surface area (Å²) in [4.78, 5) is 23.2. The molecule has 3 N–H and O–H groups in total. The molecular weight excluding hydrogens is 232 g/mol. The molecule has 5 heteroatoms. The molecule has 18 heavy (non-hydrogen) atoms. The van der Waals surface area contributed by atoms with Gasteiger partial charge in [0.2, 0.25) is 0 Å². The number of carbonyl (C=O) groups is 2. The van der Waals surface area contributed by atoms with E-state index in [0.717, 1.165) is 0 Å². The Hall–Kier alpha value is -1.72. The standard InChI is InChI=1S/C13H18N2O3/c1-2-18-13(17)11(8-14)15-9-12(16)10-6-4-3-5-7-10/h3-7,11,15H,2,8-9,14H2,1H3/t11-/m0/s1. The Balaban J connectivity index is 2.48. The van der Waals surface area contributed by atoms with Gasteiger partial charge in [-0.2, -0.15) is 0 Å². The molecule has 0 radical (unpaired) electrons. The predicted molar refractivity (Wildman–Crippen MR) is 68.3 cm³/mol. The van der Waals surface area contributed by atoms with Crippen LogP contribution in [0, 0.1) is 0 Å². The third-order valence-corrected chi connectivity index (χ3v) is 2.41. The van der Waals surface area contributed by atoms with Crippen LogP contribution in [0.1, 0.15) is 17.3 Å². The summed E-state index contributed by atoms with van der Waals surface area (Å²) in [5.74, 6) is -0.515. The topological polar surface area (TPSA) is 81.4 Å². The number of Topliss-reactive ketones (excluding diaryl/α,β-unsaturated/α-hetero) is 1. The summed E-state index contributed by atoms with van der Waals surface area (Å²) in [5, 5.41) is 2.80. The van der Waals surface area contributed by atoms with E-state index in [2.05, 4.69) is 5.32 Å². The maximum Gasteiger partial charge on any atom is 0.324 e. The second kappa shape index (κ2) is 7.58. The number of ketones is 1. The van der Waals surface area contributed by atoms with Gasteiger partial charge in [0.1, 0.15) is 6.04 Å². The Labute approximate surface area is 106 Å². The van der Waals surface area contributed by atoms with E-state index in [1.54, 1.807) is 31.2 Å². The first-order valence-corrected chi connectivity index (χ1v) is 5.87. The molecule has 0 amide bonds. The van der Waals surface area contributed by atoms with Crippen LogP contribution in [-0.4, -0.2) is 37.5 Å². The summed E-state index contributed by atoms with van der Waals surface area (Å²) < 4.78 is 4.84. The van der Waals surface area contributed by atoms with Crippen molar-refractivity contribution in [2.75, 3.05) is 19.7 Å². The monoisotopic (exact) mass is 250 g/mol. The summed E-state index contributed by atoms with van der Waals surface area (Å²) >= 11 is 0. The number of hydrogen-bond donors (Lipinski definition) is 2. The number of esters is 1. The lowest BCUT2D eigenvalue weighted by atomic mass is 10.1. The second-order valence-electron chi connectivity index (χ2n) is 3.71. The summed E-state index contributed by atoms with van der Waals surface area (Å²) in [6.07, 6.45) is 0. The molecule has 0 aromatic heterocycles. The lowest BCUT2D eigenvalue weighted by molar-refractivity contribution is -0.145. The fourth-order valence-electron chi connectivity index (χ4n) is 1.45. The van der Waals surface area contributed by atoms with Gasteiger partial charge in [-0.3, -0.25) is 14.9 Å². The van der Waals surface area contributed by atoms with E-state index in [9.17, 15) is 9.59 Å². The number of ether oxygens (including phenoxy) is 1. The average Bonchev–Trinajstić information content (AvgIpc) is 2.40. The normalized spacial score (nSPS) is 11.9. The van der Waals surface area contributed by atoms with Crippen molar-refractivity contribution in [2.24, 2.45) is 5.73 Å². The second-order valence-corrected chi connectivity index (χ2v) is 3.71. The van der Waals surface area contributed by atoms with Gasteiger partial charge in [0.15, 0.2) is 5.78 Å². The Bertz CT molecular complexity index is 392. The van der Waals surface area contributed by atoms with Gasteiger partial charge in [0.05, 0.1) is 13.2 Å². The lowest BCUT2D eigenvalue weighted by Gasteiger charge is -2.14. The Morgan fingerprint density at radius 1 is 1.33 bits per heavy atom. The molecule has 1 aromatic rings. The first-order chi connectivity index (χ1) is 8.69. The van der Waals surface area contributed by atoms with Crippen LogP contribution < -0.4 is 11.1 Å². The molecule has 0 aliphatic carbocycles. The Morgan fingerprint density at radius 2 is 2.00 bits per heavy atom. The van der Waals surface area contributed by atoms with Gasteiger partial charge in [-0.05, 0) is 6.92 Å². The molecule has 0 aliphatic heterocycles.